The third-order valence-corrected chi connectivity index (χ3v) is 3.51. The monoisotopic (exact) mass is 286 g/mol. The van der Waals surface area contributed by atoms with Gasteiger partial charge >= 0.3 is 18.9 Å². The molecule has 0 aliphatic carbocycles. The summed E-state index contributed by atoms with van der Waals surface area (Å²) in [6.07, 6.45) is 13.3. The molecule has 0 saturated carbocycles. The first-order chi connectivity index (χ1) is 8.56. The molecule has 0 fully saturated rings. The molecule has 110 valence electrons. The Kier molecular flexibility index (Phi) is 17.5. The van der Waals surface area contributed by atoms with E-state index in [4.69, 9.17) is 4.89 Å². The van der Waals surface area contributed by atoms with Gasteiger partial charge in [0.1, 0.15) is 0 Å². The molecule has 0 spiro atoms. The number of rotatable bonds is 13. The maximum Gasteiger partial charge on any atom is 1.00 e. The van der Waals surface area contributed by atoms with Crippen molar-refractivity contribution in [2.75, 3.05) is 6.61 Å². The minimum Gasteiger partial charge on any atom is -0.756 e. The van der Waals surface area contributed by atoms with Gasteiger partial charge in [-0.2, -0.15) is 0 Å². The number of hydrogen-bond donors (Lipinski definition) is 1. The summed E-state index contributed by atoms with van der Waals surface area (Å²) in [5, 5.41) is 0. The predicted octanol–water partition coefficient (Wildman–Crippen LogP) is 0.779. The van der Waals surface area contributed by atoms with Crippen LogP contribution in [-0.4, -0.2) is 11.5 Å². The molecular weight excluding hydrogens is 258 g/mol. The summed E-state index contributed by atoms with van der Waals surface area (Å²) in [4.78, 5) is 18.6. The minimum atomic E-state index is -4.50. The molecule has 0 rings (SSSR count). The van der Waals surface area contributed by atoms with Gasteiger partial charge in [0.25, 0.3) is 7.82 Å². The van der Waals surface area contributed by atoms with Gasteiger partial charge in [0.2, 0.25) is 0 Å². The summed E-state index contributed by atoms with van der Waals surface area (Å²) in [5.74, 6) is 0. The van der Waals surface area contributed by atoms with Gasteiger partial charge in [0, 0.05) is 0 Å². The van der Waals surface area contributed by atoms with Crippen LogP contribution in [0.5, 0.6) is 0 Å². The first-order valence-electron chi connectivity index (χ1n) is 7.24. The maximum absolute atomic E-state index is 10.3. The number of phosphoric ester groups is 1. The van der Waals surface area contributed by atoms with Crippen LogP contribution >= 0.6 is 7.82 Å². The van der Waals surface area contributed by atoms with Crippen molar-refractivity contribution in [1.82, 2.24) is 0 Å². The molecule has 0 saturated heterocycles. The van der Waals surface area contributed by atoms with Crippen molar-refractivity contribution in [3.8, 4) is 0 Å². The molecule has 1 atom stereocenters. The van der Waals surface area contributed by atoms with Crippen molar-refractivity contribution in [3.05, 3.63) is 0 Å². The largest absolute Gasteiger partial charge is 1.00 e. The molecule has 0 aliphatic rings. The van der Waals surface area contributed by atoms with Gasteiger partial charge in [-0.05, 0) is 6.42 Å². The topological polar surface area (TPSA) is 69.6 Å². The van der Waals surface area contributed by atoms with Crippen molar-refractivity contribution in [2.24, 2.45) is 0 Å². The van der Waals surface area contributed by atoms with E-state index in [1.54, 1.807) is 0 Å². The van der Waals surface area contributed by atoms with Crippen LogP contribution in [-0.2, 0) is 9.09 Å². The molecule has 0 aliphatic heterocycles. The molecule has 0 bridgehead atoms. The normalized spacial score (nSPS) is 13.8. The molecule has 0 aromatic carbocycles. The Morgan fingerprint density at radius 2 is 1.26 bits per heavy atom. The van der Waals surface area contributed by atoms with Crippen molar-refractivity contribution in [2.45, 2.75) is 77.6 Å². The summed E-state index contributed by atoms with van der Waals surface area (Å²) in [7, 11) is -4.50. The van der Waals surface area contributed by atoms with E-state index in [9.17, 15) is 9.46 Å². The Balaban J connectivity index is 0. The summed E-state index contributed by atoms with van der Waals surface area (Å²) < 4.78 is 14.5. The SMILES string of the molecule is CCCCCCCCCCCCCOP(=O)([O-])O.[Li+]. The van der Waals surface area contributed by atoms with Gasteiger partial charge in [0.05, 0.1) is 6.61 Å². The molecule has 0 aromatic rings. The van der Waals surface area contributed by atoms with E-state index >= 15 is 0 Å². The quantitative estimate of drug-likeness (QED) is 0.308. The van der Waals surface area contributed by atoms with Crippen LogP contribution in [0, 0.1) is 0 Å². The van der Waals surface area contributed by atoms with Crippen molar-refractivity contribution < 1.29 is 37.7 Å². The average Bonchev–Trinajstić information content (AvgIpc) is 2.29. The summed E-state index contributed by atoms with van der Waals surface area (Å²) >= 11 is 0. The van der Waals surface area contributed by atoms with Crippen molar-refractivity contribution in [3.63, 3.8) is 0 Å². The van der Waals surface area contributed by atoms with Gasteiger partial charge < -0.3 is 14.3 Å². The molecule has 0 radical (unpaired) electrons. The summed E-state index contributed by atoms with van der Waals surface area (Å²) in [6, 6.07) is 0. The third kappa shape index (κ3) is 21.2. The number of phosphoric acid groups is 1. The first kappa shape index (κ1) is 22.0. The van der Waals surface area contributed by atoms with E-state index in [2.05, 4.69) is 11.4 Å². The minimum absolute atomic E-state index is 0. The van der Waals surface area contributed by atoms with Crippen LogP contribution in [0.15, 0.2) is 0 Å². The first-order valence-corrected chi connectivity index (χ1v) is 8.74. The van der Waals surface area contributed by atoms with Gasteiger partial charge in [0.15, 0.2) is 0 Å². The zero-order chi connectivity index (χ0) is 13.7. The second-order valence-electron chi connectivity index (χ2n) is 4.84. The molecule has 1 N–H and O–H groups in total. The Morgan fingerprint density at radius 1 is 0.895 bits per heavy atom. The van der Waals surface area contributed by atoms with Gasteiger partial charge in [-0.1, -0.05) is 71.1 Å². The Labute approximate surface area is 130 Å². The molecular formula is C13H28LiO4P. The number of unbranched alkanes of at least 4 members (excludes halogenated alkanes) is 10. The van der Waals surface area contributed by atoms with Crippen LogP contribution in [0.1, 0.15) is 77.6 Å². The van der Waals surface area contributed by atoms with Gasteiger partial charge in [-0.15, -0.1) is 0 Å². The van der Waals surface area contributed by atoms with Crippen molar-refractivity contribution >= 4 is 7.82 Å². The molecule has 4 nitrogen and oxygen atoms in total. The zero-order valence-corrected chi connectivity index (χ0v) is 13.5. The van der Waals surface area contributed by atoms with Crippen molar-refractivity contribution in [1.29, 1.82) is 0 Å². The molecule has 6 heteroatoms. The molecule has 0 heterocycles. The van der Waals surface area contributed by atoms with E-state index < -0.39 is 7.82 Å². The summed E-state index contributed by atoms with van der Waals surface area (Å²) in [5.41, 5.74) is 0. The Hall–Kier alpha value is 0.707. The van der Waals surface area contributed by atoms with Gasteiger partial charge in [-0.3, -0.25) is 4.57 Å². The van der Waals surface area contributed by atoms with Crippen LogP contribution in [0.25, 0.3) is 0 Å². The fraction of sp³-hybridized carbons (Fsp3) is 1.00. The van der Waals surface area contributed by atoms with Crippen LogP contribution in [0.2, 0.25) is 0 Å². The molecule has 19 heavy (non-hydrogen) atoms. The Bertz CT molecular complexity index is 221. The Morgan fingerprint density at radius 3 is 1.63 bits per heavy atom. The third-order valence-electron chi connectivity index (χ3n) is 3.00. The zero-order valence-electron chi connectivity index (χ0n) is 12.6. The molecule has 0 aromatic heterocycles. The van der Waals surface area contributed by atoms with E-state index in [0.717, 1.165) is 12.8 Å². The second-order valence-corrected chi connectivity index (χ2v) is 6.03. The van der Waals surface area contributed by atoms with E-state index in [0.29, 0.717) is 6.42 Å². The average molecular weight is 286 g/mol. The molecule has 1 unspecified atom stereocenters. The van der Waals surface area contributed by atoms with Crippen LogP contribution < -0.4 is 23.8 Å². The fourth-order valence-electron chi connectivity index (χ4n) is 1.95. The maximum atomic E-state index is 10.3. The second kappa shape index (κ2) is 15.1. The van der Waals surface area contributed by atoms with Crippen LogP contribution in [0.4, 0.5) is 0 Å². The standard InChI is InChI=1S/C13H29O4P.Li/c1-2-3-4-5-6-7-8-9-10-11-12-13-17-18(14,15)16;/h2-13H2,1H3,(H2,14,15,16);/q;+1/p-1. The smallest absolute Gasteiger partial charge is 0.756 e. The number of hydrogen-bond acceptors (Lipinski definition) is 3. The van der Waals surface area contributed by atoms with E-state index in [1.807, 2.05) is 0 Å². The predicted molar refractivity (Wildman–Crippen MR) is 72.2 cm³/mol. The summed E-state index contributed by atoms with van der Waals surface area (Å²) in [6.45, 7) is 2.33. The molecule has 0 amide bonds. The fourth-order valence-corrected chi connectivity index (χ4v) is 2.31. The van der Waals surface area contributed by atoms with Gasteiger partial charge in [-0.25, -0.2) is 0 Å². The van der Waals surface area contributed by atoms with E-state index in [-0.39, 0.29) is 25.5 Å². The van der Waals surface area contributed by atoms with Crippen LogP contribution in [0.3, 0.4) is 0 Å². The van der Waals surface area contributed by atoms with E-state index in [1.165, 1.54) is 51.4 Å².